The molecular weight excluding hydrogens is 307 g/mol. The molecule has 8 heteroatoms. The molecule has 0 spiro atoms. The predicted octanol–water partition coefficient (Wildman–Crippen LogP) is 3.84. The summed E-state index contributed by atoms with van der Waals surface area (Å²) in [6, 6.07) is 6.46. The zero-order valence-electron chi connectivity index (χ0n) is 11.1. The van der Waals surface area contributed by atoms with Crippen LogP contribution >= 0.6 is 0 Å². The van der Waals surface area contributed by atoms with Crippen LogP contribution in [0.4, 0.5) is 27.6 Å². The van der Waals surface area contributed by atoms with Crippen molar-refractivity contribution in [3.63, 3.8) is 0 Å². The Morgan fingerprint density at radius 1 is 0.955 bits per heavy atom. The summed E-state index contributed by atoms with van der Waals surface area (Å²) in [7, 11) is 1.45. The van der Waals surface area contributed by atoms with Crippen LogP contribution in [0.2, 0.25) is 0 Å². The van der Waals surface area contributed by atoms with E-state index in [0.29, 0.717) is 11.3 Å². The van der Waals surface area contributed by atoms with Gasteiger partial charge in [0.25, 0.3) is 0 Å². The molecule has 0 aliphatic carbocycles. The molecule has 3 nitrogen and oxygen atoms in total. The van der Waals surface area contributed by atoms with E-state index in [2.05, 4.69) is 5.10 Å². The number of halogens is 5. The number of ether oxygens (including phenoxy) is 1. The number of anilines is 1. The van der Waals surface area contributed by atoms with Gasteiger partial charge in [0.05, 0.1) is 13.3 Å². The highest BCUT2D eigenvalue weighted by Gasteiger charge is 2.25. The lowest BCUT2D eigenvalue weighted by molar-refractivity contribution is 0.381. The fourth-order valence-electron chi connectivity index (χ4n) is 1.60. The molecule has 0 amide bonds. The maximum Gasteiger partial charge on any atom is 0.200 e. The molecule has 2 aromatic rings. The van der Waals surface area contributed by atoms with E-state index in [-0.39, 0.29) is 0 Å². The molecule has 0 heterocycles. The highest BCUT2D eigenvalue weighted by atomic mass is 19.2. The van der Waals surface area contributed by atoms with Crippen molar-refractivity contribution >= 4 is 11.9 Å². The Balaban J connectivity index is 2.26. The minimum absolute atomic E-state index is 0.496. The summed E-state index contributed by atoms with van der Waals surface area (Å²) in [5.74, 6) is -9.77. The van der Waals surface area contributed by atoms with Gasteiger partial charge in [-0.15, -0.1) is 0 Å². The summed E-state index contributed by atoms with van der Waals surface area (Å²) in [5, 5.41) is 3.45. The zero-order chi connectivity index (χ0) is 16.3. The normalized spacial score (nSPS) is 11.0. The quantitative estimate of drug-likeness (QED) is 0.306. The molecule has 0 fully saturated rings. The standard InChI is InChI=1S/C14H9F5N2O/c1-22-8-4-2-3-7(5-8)6-20-21-14-12(18)10(16)9(15)11(17)13(14)19/h2-6,21H,1H3/b20-6+. The minimum Gasteiger partial charge on any atom is -0.497 e. The molecule has 0 radical (unpaired) electrons. The van der Waals surface area contributed by atoms with Crippen LogP contribution in [-0.2, 0) is 0 Å². The number of nitrogens with one attached hydrogen (secondary N) is 1. The number of benzene rings is 2. The molecule has 0 saturated carbocycles. The number of rotatable bonds is 4. The van der Waals surface area contributed by atoms with Crippen molar-refractivity contribution in [2.45, 2.75) is 0 Å². The molecule has 0 aliphatic heterocycles. The van der Waals surface area contributed by atoms with Gasteiger partial charge in [-0.3, -0.25) is 5.43 Å². The number of hydrazone groups is 1. The Labute approximate surface area is 122 Å². The molecule has 1 N–H and O–H groups in total. The second kappa shape index (κ2) is 6.42. The molecule has 0 aliphatic rings. The third-order valence-corrected chi connectivity index (χ3v) is 2.69. The Morgan fingerprint density at radius 3 is 2.14 bits per heavy atom. The summed E-state index contributed by atoms with van der Waals surface area (Å²) in [6.45, 7) is 0. The summed E-state index contributed by atoms with van der Waals surface area (Å²) < 4.78 is 70.5. The van der Waals surface area contributed by atoms with Crippen molar-refractivity contribution in [1.82, 2.24) is 0 Å². The first kappa shape index (κ1) is 15.7. The van der Waals surface area contributed by atoms with Crippen molar-refractivity contribution in [3.8, 4) is 5.75 Å². The summed E-state index contributed by atoms with van der Waals surface area (Å²) in [6.07, 6.45) is 1.14. The van der Waals surface area contributed by atoms with Gasteiger partial charge in [-0.25, -0.2) is 22.0 Å². The lowest BCUT2D eigenvalue weighted by Gasteiger charge is -2.07. The van der Waals surface area contributed by atoms with Gasteiger partial charge in [-0.2, -0.15) is 5.10 Å². The lowest BCUT2D eigenvalue weighted by atomic mass is 10.2. The molecule has 0 unspecified atom stereocenters. The molecular formula is C14H9F5N2O. The van der Waals surface area contributed by atoms with Gasteiger partial charge in [0, 0.05) is 0 Å². The molecule has 0 atom stereocenters. The van der Waals surface area contributed by atoms with Gasteiger partial charge in [0.2, 0.25) is 5.82 Å². The average Bonchev–Trinajstić information content (AvgIpc) is 2.54. The van der Waals surface area contributed by atoms with E-state index in [1.165, 1.54) is 7.11 Å². The van der Waals surface area contributed by atoms with Gasteiger partial charge in [-0.05, 0) is 17.7 Å². The van der Waals surface area contributed by atoms with Crippen LogP contribution in [0.1, 0.15) is 5.56 Å². The summed E-state index contributed by atoms with van der Waals surface area (Å²) in [4.78, 5) is 0. The maximum atomic E-state index is 13.4. The molecule has 2 rings (SSSR count). The van der Waals surface area contributed by atoms with E-state index in [1.54, 1.807) is 24.3 Å². The first-order chi connectivity index (χ1) is 10.5. The van der Waals surface area contributed by atoms with Crippen LogP contribution in [0.25, 0.3) is 0 Å². The highest BCUT2D eigenvalue weighted by Crippen LogP contribution is 2.27. The maximum absolute atomic E-state index is 13.4. The van der Waals surface area contributed by atoms with Crippen molar-refractivity contribution < 1.29 is 26.7 Å². The molecule has 2 aromatic carbocycles. The van der Waals surface area contributed by atoms with Crippen molar-refractivity contribution in [3.05, 3.63) is 58.9 Å². The predicted molar refractivity (Wildman–Crippen MR) is 70.4 cm³/mol. The van der Waals surface area contributed by atoms with E-state index in [0.717, 1.165) is 6.21 Å². The van der Waals surface area contributed by atoms with E-state index >= 15 is 0 Å². The minimum atomic E-state index is -2.22. The van der Waals surface area contributed by atoms with Crippen molar-refractivity contribution in [2.24, 2.45) is 5.10 Å². The van der Waals surface area contributed by atoms with E-state index in [4.69, 9.17) is 4.74 Å². The van der Waals surface area contributed by atoms with Gasteiger partial charge >= 0.3 is 0 Å². The fraction of sp³-hybridized carbons (Fsp3) is 0.0714. The summed E-state index contributed by atoms with van der Waals surface area (Å²) >= 11 is 0. The Hall–Kier alpha value is -2.64. The van der Waals surface area contributed by atoms with Crippen LogP contribution in [0, 0.1) is 29.1 Å². The van der Waals surface area contributed by atoms with Gasteiger partial charge < -0.3 is 4.74 Å². The molecule has 0 bridgehead atoms. The van der Waals surface area contributed by atoms with Crippen molar-refractivity contribution in [2.75, 3.05) is 12.5 Å². The van der Waals surface area contributed by atoms with Gasteiger partial charge in [0.15, 0.2) is 23.3 Å². The lowest BCUT2D eigenvalue weighted by Crippen LogP contribution is -2.06. The number of hydrogen-bond donors (Lipinski definition) is 1. The third-order valence-electron chi connectivity index (χ3n) is 2.69. The van der Waals surface area contributed by atoms with Crippen LogP contribution in [0.15, 0.2) is 29.4 Å². The number of methoxy groups -OCH3 is 1. The van der Waals surface area contributed by atoms with Crippen LogP contribution in [0.3, 0.4) is 0 Å². The zero-order valence-corrected chi connectivity index (χ0v) is 11.1. The van der Waals surface area contributed by atoms with E-state index in [1.807, 2.05) is 5.43 Å². The van der Waals surface area contributed by atoms with Gasteiger partial charge in [0.1, 0.15) is 11.4 Å². The Morgan fingerprint density at radius 2 is 1.55 bits per heavy atom. The fourth-order valence-corrected chi connectivity index (χ4v) is 1.60. The van der Waals surface area contributed by atoms with Gasteiger partial charge in [-0.1, -0.05) is 12.1 Å². The van der Waals surface area contributed by atoms with Crippen molar-refractivity contribution in [1.29, 1.82) is 0 Å². The summed E-state index contributed by atoms with van der Waals surface area (Å²) in [5.41, 5.74) is 1.08. The number of nitrogens with zero attached hydrogens (tertiary/aromatic N) is 1. The van der Waals surface area contributed by atoms with Crippen LogP contribution < -0.4 is 10.2 Å². The molecule has 116 valence electrons. The largest absolute Gasteiger partial charge is 0.497 e. The monoisotopic (exact) mass is 316 g/mol. The number of hydrogen-bond acceptors (Lipinski definition) is 3. The molecule has 0 saturated heterocycles. The van der Waals surface area contributed by atoms with Crippen LogP contribution in [0.5, 0.6) is 5.75 Å². The first-order valence-corrected chi connectivity index (χ1v) is 5.90. The second-order valence-electron chi connectivity index (χ2n) is 4.09. The van der Waals surface area contributed by atoms with E-state index < -0.39 is 34.8 Å². The Bertz CT molecular complexity index is 704. The molecule has 22 heavy (non-hydrogen) atoms. The third kappa shape index (κ3) is 3.00. The second-order valence-corrected chi connectivity index (χ2v) is 4.09. The topological polar surface area (TPSA) is 33.6 Å². The Kier molecular flexibility index (Phi) is 4.59. The first-order valence-electron chi connectivity index (χ1n) is 5.90. The smallest absolute Gasteiger partial charge is 0.200 e. The van der Waals surface area contributed by atoms with E-state index in [9.17, 15) is 22.0 Å². The SMILES string of the molecule is COc1cccc(/C=N/Nc2c(F)c(F)c(F)c(F)c2F)c1. The van der Waals surface area contributed by atoms with Crippen LogP contribution in [-0.4, -0.2) is 13.3 Å². The average molecular weight is 316 g/mol. The highest BCUT2D eigenvalue weighted by molar-refractivity contribution is 5.80. The molecule has 0 aromatic heterocycles.